The van der Waals surface area contributed by atoms with Crippen LogP contribution in [0.4, 0.5) is 0 Å². The van der Waals surface area contributed by atoms with Crippen molar-refractivity contribution in [3.05, 3.63) is 45.9 Å². The Hall–Kier alpha value is -1.43. The van der Waals surface area contributed by atoms with Crippen molar-refractivity contribution in [1.29, 1.82) is 0 Å². The van der Waals surface area contributed by atoms with Crippen molar-refractivity contribution in [3.8, 4) is 5.75 Å². The molecule has 4 nitrogen and oxygen atoms in total. The first-order chi connectivity index (χ1) is 10.2. The van der Waals surface area contributed by atoms with Crippen LogP contribution in [0.3, 0.4) is 0 Å². The summed E-state index contributed by atoms with van der Waals surface area (Å²) >= 11 is 1.71. The van der Waals surface area contributed by atoms with Crippen molar-refractivity contribution in [1.82, 2.24) is 9.88 Å². The molecule has 114 valence electrons. The Bertz CT molecular complexity index is 539. The van der Waals surface area contributed by atoms with E-state index in [1.165, 1.54) is 10.4 Å². The maximum absolute atomic E-state index is 5.77. The maximum atomic E-state index is 5.77. The molecule has 0 bridgehead atoms. The van der Waals surface area contributed by atoms with Crippen molar-refractivity contribution in [3.63, 3.8) is 0 Å². The van der Waals surface area contributed by atoms with Crippen LogP contribution in [-0.2, 0) is 13.0 Å². The Kier molecular flexibility index (Phi) is 6.17. The number of rotatable bonds is 8. The SMILES string of the molecule is Cc1ncsc1CN(C)CCOc1ccc(CCN)cc1. The van der Waals surface area contributed by atoms with E-state index in [9.17, 15) is 0 Å². The van der Waals surface area contributed by atoms with E-state index in [0.717, 1.165) is 31.0 Å². The third-order valence-corrected chi connectivity index (χ3v) is 4.28. The summed E-state index contributed by atoms with van der Waals surface area (Å²) in [7, 11) is 2.10. The van der Waals surface area contributed by atoms with Crippen LogP contribution < -0.4 is 10.5 Å². The lowest BCUT2D eigenvalue weighted by Gasteiger charge is -2.16. The third kappa shape index (κ3) is 5.12. The van der Waals surface area contributed by atoms with Crippen LogP contribution >= 0.6 is 11.3 Å². The average molecular weight is 305 g/mol. The molecule has 1 heterocycles. The molecule has 5 heteroatoms. The number of nitrogens with two attached hydrogens (primary N) is 1. The second-order valence-electron chi connectivity index (χ2n) is 5.13. The van der Waals surface area contributed by atoms with Gasteiger partial charge in [0, 0.05) is 18.0 Å². The summed E-state index contributed by atoms with van der Waals surface area (Å²) < 4.78 is 5.77. The van der Waals surface area contributed by atoms with Crippen molar-refractivity contribution in [2.24, 2.45) is 5.73 Å². The number of hydrogen-bond acceptors (Lipinski definition) is 5. The van der Waals surface area contributed by atoms with Crippen molar-refractivity contribution >= 4 is 11.3 Å². The van der Waals surface area contributed by atoms with Crippen LogP contribution in [-0.4, -0.2) is 36.6 Å². The molecular weight excluding hydrogens is 282 g/mol. The minimum atomic E-state index is 0.683. The molecule has 1 aromatic heterocycles. The molecule has 0 aliphatic rings. The van der Waals surface area contributed by atoms with Gasteiger partial charge in [-0.1, -0.05) is 12.1 Å². The van der Waals surface area contributed by atoms with Gasteiger partial charge in [-0.05, 0) is 44.6 Å². The summed E-state index contributed by atoms with van der Waals surface area (Å²) in [6.07, 6.45) is 0.914. The lowest BCUT2D eigenvalue weighted by molar-refractivity contribution is 0.233. The van der Waals surface area contributed by atoms with Gasteiger partial charge in [-0.2, -0.15) is 0 Å². The monoisotopic (exact) mass is 305 g/mol. The molecule has 0 saturated carbocycles. The number of benzene rings is 1. The molecule has 0 amide bonds. The highest BCUT2D eigenvalue weighted by Crippen LogP contribution is 2.15. The second-order valence-corrected chi connectivity index (χ2v) is 6.07. The Labute approximate surface area is 130 Å². The lowest BCUT2D eigenvalue weighted by atomic mass is 10.1. The fourth-order valence-electron chi connectivity index (χ4n) is 2.04. The summed E-state index contributed by atoms with van der Waals surface area (Å²) in [4.78, 5) is 7.85. The fourth-order valence-corrected chi connectivity index (χ4v) is 2.90. The summed E-state index contributed by atoms with van der Waals surface area (Å²) in [5, 5.41) is 0. The minimum absolute atomic E-state index is 0.683. The van der Waals surface area contributed by atoms with E-state index in [1.54, 1.807) is 11.3 Å². The number of aromatic nitrogens is 1. The molecule has 0 radical (unpaired) electrons. The predicted molar refractivity (Wildman–Crippen MR) is 87.9 cm³/mol. The van der Waals surface area contributed by atoms with Gasteiger partial charge in [-0.3, -0.25) is 4.90 Å². The van der Waals surface area contributed by atoms with E-state index in [-0.39, 0.29) is 0 Å². The maximum Gasteiger partial charge on any atom is 0.119 e. The first kappa shape index (κ1) is 15.9. The van der Waals surface area contributed by atoms with E-state index in [2.05, 4.69) is 36.0 Å². The number of hydrogen-bond donors (Lipinski definition) is 1. The molecule has 2 N–H and O–H groups in total. The number of aryl methyl sites for hydroxylation is 1. The van der Waals surface area contributed by atoms with Crippen molar-refractivity contribution < 1.29 is 4.74 Å². The standard InChI is InChI=1S/C16H23N3OS/c1-13-16(21-12-18-13)11-19(2)9-10-20-15-5-3-14(4-6-15)7-8-17/h3-6,12H,7-11,17H2,1-2H3. The van der Waals surface area contributed by atoms with Crippen LogP contribution in [0.15, 0.2) is 29.8 Å². The molecule has 2 aromatic rings. The fraction of sp³-hybridized carbons (Fsp3) is 0.438. The number of ether oxygens (including phenoxy) is 1. The van der Waals surface area contributed by atoms with Gasteiger partial charge >= 0.3 is 0 Å². The van der Waals surface area contributed by atoms with Crippen molar-refractivity contribution in [2.75, 3.05) is 26.7 Å². The highest BCUT2D eigenvalue weighted by molar-refractivity contribution is 7.09. The van der Waals surface area contributed by atoms with Crippen LogP contribution in [0, 0.1) is 6.92 Å². The molecule has 0 spiro atoms. The van der Waals surface area contributed by atoms with Gasteiger partial charge in [0.2, 0.25) is 0 Å². The first-order valence-corrected chi connectivity index (χ1v) is 8.06. The third-order valence-electron chi connectivity index (χ3n) is 3.36. The smallest absolute Gasteiger partial charge is 0.119 e. The summed E-state index contributed by atoms with van der Waals surface area (Å²) in [5.41, 5.74) is 9.82. The Balaban J connectivity index is 1.72. The molecule has 0 atom stereocenters. The molecule has 2 rings (SSSR count). The van der Waals surface area contributed by atoms with Gasteiger partial charge in [-0.15, -0.1) is 11.3 Å². The second kappa shape index (κ2) is 8.12. The first-order valence-electron chi connectivity index (χ1n) is 7.18. The Morgan fingerprint density at radius 1 is 1.29 bits per heavy atom. The van der Waals surface area contributed by atoms with E-state index < -0.39 is 0 Å². The quantitative estimate of drug-likeness (QED) is 0.814. The number of nitrogens with zero attached hydrogens (tertiary/aromatic N) is 2. The summed E-state index contributed by atoms with van der Waals surface area (Å²) in [6, 6.07) is 8.18. The van der Waals surface area contributed by atoms with Crippen LogP contribution in [0.1, 0.15) is 16.1 Å². The van der Waals surface area contributed by atoms with Crippen LogP contribution in [0.5, 0.6) is 5.75 Å². The lowest BCUT2D eigenvalue weighted by Crippen LogP contribution is -2.23. The van der Waals surface area contributed by atoms with Gasteiger partial charge in [-0.25, -0.2) is 4.98 Å². The largest absolute Gasteiger partial charge is 0.492 e. The normalized spacial score (nSPS) is 11.0. The van der Waals surface area contributed by atoms with E-state index >= 15 is 0 Å². The van der Waals surface area contributed by atoms with Crippen molar-refractivity contribution in [2.45, 2.75) is 19.9 Å². The van der Waals surface area contributed by atoms with Crippen LogP contribution in [0.2, 0.25) is 0 Å². The Morgan fingerprint density at radius 3 is 2.67 bits per heavy atom. The summed E-state index contributed by atoms with van der Waals surface area (Å²) in [5.74, 6) is 0.915. The average Bonchev–Trinajstić information content (AvgIpc) is 2.86. The van der Waals surface area contributed by atoms with Gasteiger partial charge in [0.25, 0.3) is 0 Å². The molecule has 0 saturated heterocycles. The predicted octanol–water partition coefficient (Wildman–Crippen LogP) is 2.46. The molecule has 0 fully saturated rings. The number of thiazole rings is 1. The topological polar surface area (TPSA) is 51.4 Å². The van der Waals surface area contributed by atoms with Gasteiger partial charge in [0.05, 0.1) is 11.2 Å². The van der Waals surface area contributed by atoms with Gasteiger partial charge in [0.1, 0.15) is 12.4 Å². The van der Waals surface area contributed by atoms with E-state index in [1.807, 2.05) is 17.6 Å². The molecule has 0 aliphatic carbocycles. The highest BCUT2D eigenvalue weighted by Gasteiger charge is 2.05. The molecule has 0 aliphatic heterocycles. The van der Waals surface area contributed by atoms with Crippen LogP contribution in [0.25, 0.3) is 0 Å². The minimum Gasteiger partial charge on any atom is -0.492 e. The van der Waals surface area contributed by atoms with Gasteiger partial charge in [0.15, 0.2) is 0 Å². The van der Waals surface area contributed by atoms with E-state index in [4.69, 9.17) is 10.5 Å². The number of likely N-dealkylation sites (N-methyl/N-ethyl adjacent to an activating group) is 1. The molecule has 1 aromatic carbocycles. The zero-order chi connectivity index (χ0) is 15.1. The Morgan fingerprint density at radius 2 is 2.05 bits per heavy atom. The highest BCUT2D eigenvalue weighted by atomic mass is 32.1. The zero-order valence-corrected chi connectivity index (χ0v) is 13.5. The molecular formula is C16H23N3OS. The molecule has 0 unspecified atom stereocenters. The summed E-state index contributed by atoms with van der Waals surface area (Å²) in [6.45, 7) is 5.24. The molecule has 21 heavy (non-hydrogen) atoms. The van der Waals surface area contributed by atoms with E-state index in [0.29, 0.717) is 13.2 Å². The zero-order valence-electron chi connectivity index (χ0n) is 12.7. The van der Waals surface area contributed by atoms with Gasteiger partial charge < -0.3 is 10.5 Å².